The summed E-state index contributed by atoms with van der Waals surface area (Å²) in [5.41, 5.74) is 2.27. The van der Waals surface area contributed by atoms with Crippen LogP contribution in [0.1, 0.15) is 24.1 Å². The average Bonchev–Trinajstić information content (AvgIpc) is 2.65. The van der Waals surface area contributed by atoms with Crippen molar-refractivity contribution in [3.63, 3.8) is 0 Å². The van der Waals surface area contributed by atoms with Crippen LogP contribution in [-0.4, -0.2) is 37.0 Å². The number of piperazine rings is 1. The molecule has 146 valence electrons. The zero-order valence-electron chi connectivity index (χ0n) is 15.2. The van der Waals surface area contributed by atoms with E-state index in [1.807, 2.05) is 0 Å². The molecule has 7 heteroatoms. The van der Waals surface area contributed by atoms with Gasteiger partial charge in [0.2, 0.25) is 5.91 Å². The van der Waals surface area contributed by atoms with Crippen LogP contribution in [0, 0.1) is 11.6 Å². The predicted octanol–water partition coefficient (Wildman–Crippen LogP) is 3.53. The van der Waals surface area contributed by atoms with Crippen molar-refractivity contribution < 1.29 is 13.6 Å². The molecule has 0 saturated carbocycles. The molecule has 1 saturated heterocycles. The first-order chi connectivity index (χ1) is 12.6. The quantitative estimate of drug-likeness (QED) is 0.814. The monoisotopic (exact) mass is 395 g/mol. The van der Waals surface area contributed by atoms with Gasteiger partial charge in [-0.25, -0.2) is 8.78 Å². The van der Waals surface area contributed by atoms with Crippen LogP contribution in [0.3, 0.4) is 0 Å². The zero-order valence-corrected chi connectivity index (χ0v) is 16.0. The molecule has 0 aromatic heterocycles. The predicted molar refractivity (Wildman–Crippen MR) is 105 cm³/mol. The maximum atomic E-state index is 13.7. The Kier molecular flexibility index (Phi) is 7.71. The van der Waals surface area contributed by atoms with Crippen molar-refractivity contribution in [2.75, 3.05) is 31.5 Å². The zero-order chi connectivity index (χ0) is 18.5. The normalized spacial score (nSPS) is 17.2. The fraction of sp³-hybridized carbons (Fsp3) is 0.350. The molecule has 3 rings (SSSR count). The van der Waals surface area contributed by atoms with Gasteiger partial charge in [-0.1, -0.05) is 31.2 Å². The van der Waals surface area contributed by atoms with E-state index in [9.17, 15) is 13.6 Å². The van der Waals surface area contributed by atoms with E-state index >= 15 is 0 Å². The minimum Gasteiger partial charge on any atom is -0.322 e. The van der Waals surface area contributed by atoms with Crippen molar-refractivity contribution in [3.05, 3.63) is 65.2 Å². The maximum Gasteiger partial charge on any atom is 0.238 e. The number of aryl methyl sites for hydroxylation is 1. The smallest absolute Gasteiger partial charge is 0.238 e. The summed E-state index contributed by atoms with van der Waals surface area (Å²) in [7, 11) is 0. The Balaban J connectivity index is 0.00000261. The van der Waals surface area contributed by atoms with Gasteiger partial charge in [0.25, 0.3) is 0 Å². The molecule has 1 atom stereocenters. The first kappa shape index (κ1) is 21.3. The molecule has 1 aliphatic heterocycles. The van der Waals surface area contributed by atoms with Crippen molar-refractivity contribution in [1.82, 2.24) is 10.2 Å². The summed E-state index contributed by atoms with van der Waals surface area (Å²) < 4.78 is 27.0. The Morgan fingerprint density at radius 3 is 2.67 bits per heavy atom. The molecule has 2 aromatic carbocycles. The number of anilines is 1. The fourth-order valence-electron chi connectivity index (χ4n) is 3.21. The van der Waals surface area contributed by atoms with E-state index in [0.717, 1.165) is 43.3 Å². The Morgan fingerprint density at radius 2 is 1.96 bits per heavy atom. The number of hydrogen-bond donors (Lipinski definition) is 2. The van der Waals surface area contributed by atoms with Crippen LogP contribution in [0.2, 0.25) is 0 Å². The highest BCUT2D eigenvalue weighted by atomic mass is 35.5. The second-order valence-corrected chi connectivity index (χ2v) is 6.46. The molecule has 0 aliphatic carbocycles. The summed E-state index contributed by atoms with van der Waals surface area (Å²) in [6, 6.07) is 11.5. The van der Waals surface area contributed by atoms with Gasteiger partial charge in [-0.3, -0.25) is 9.69 Å². The molecule has 2 N–H and O–H groups in total. The lowest BCUT2D eigenvalue weighted by Gasteiger charge is -2.36. The molecule has 1 fully saturated rings. The van der Waals surface area contributed by atoms with Crippen molar-refractivity contribution in [2.24, 2.45) is 0 Å². The highest BCUT2D eigenvalue weighted by molar-refractivity contribution is 5.92. The lowest BCUT2D eigenvalue weighted by molar-refractivity contribution is -0.118. The Labute approximate surface area is 164 Å². The van der Waals surface area contributed by atoms with Crippen molar-refractivity contribution in [3.8, 4) is 0 Å². The van der Waals surface area contributed by atoms with E-state index in [1.165, 1.54) is 5.56 Å². The highest BCUT2D eigenvalue weighted by Gasteiger charge is 2.25. The van der Waals surface area contributed by atoms with E-state index in [2.05, 4.69) is 46.7 Å². The third-order valence-corrected chi connectivity index (χ3v) is 4.68. The molecule has 1 amide bonds. The third kappa shape index (κ3) is 5.48. The largest absolute Gasteiger partial charge is 0.322 e. The number of nitrogens with one attached hydrogen (secondary N) is 2. The number of rotatable bonds is 5. The van der Waals surface area contributed by atoms with Crippen LogP contribution in [0.5, 0.6) is 0 Å². The first-order valence-corrected chi connectivity index (χ1v) is 8.85. The van der Waals surface area contributed by atoms with E-state index in [4.69, 9.17) is 0 Å². The van der Waals surface area contributed by atoms with Crippen LogP contribution in [0.25, 0.3) is 0 Å². The summed E-state index contributed by atoms with van der Waals surface area (Å²) in [6.45, 7) is 4.47. The van der Waals surface area contributed by atoms with Crippen LogP contribution in [0.15, 0.2) is 42.5 Å². The van der Waals surface area contributed by atoms with Gasteiger partial charge in [0.05, 0.1) is 12.2 Å². The molecule has 0 radical (unpaired) electrons. The molecular formula is C20H24ClF2N3O. The van der Waals surface area contributed by atoms with Crippen molar-refractivity contribution >= 4 is 24.0 Å². The minimum atomic E-state index is -0.647. The Hall–Kier alpha value is -2.02. The van der Waals surface area contributed by atoms with Crippen LogP contribution < -0.4 is 10.6 Å². The molecule has 1 aliphatic rings. The number of nitrogens with zero attached hydrogens (tertiary/aromatic N) is 1. The molecule has 1 heterocycles. The lowest BCUT2D eigenvalue weighted by atomic mass is 10.0. The van der Waals surface area contributed by atoms with Gasteiger partial charge in [0, 0.05) is 31.7 Å². The minimum absolute atomic E-state index is 0. The molecular weight excluding hydrogens is 372 g/mol. The molecule has 2 aromatic rings. The van der Waals surface area contributed by atoms with Gasteiger partial charge >= 0.3 is 0 Å². The van der Waals surface area contributed by atoms with E-state index in [-0.39, 0.29) is 36.6 Å². The fourth-order valence-corrected chi connectivity index (χ4v) is 3.21. The van der Waals surface area contributed by atoms with E-state index in [0.29, 0.717) is 6.54 Å². The van der Waals surface area contributed by atoms with Crippen molar-refractivity contribution in [2.45, 2.75) is 19.4 Å². The van der Waals surface area contributed by atoms with E-state index < -0.39 is 11.6 Å². The van der Waals surface area contributed by atoms with Crippen molar-refractivity contribution in [1.29, 1.82) is 0 Å². The number of benzene rings is 2. The molecule has 0 bridgehead atoms. The van der Waals surface area contributed by atoms with Crippen LogP contribution in [-0.2, 0) is 11.2 Å². The third-order valence-electron chi connectivity index (χ3n) is 4.68. The highest BCUT2D eigenvalue weighted by Crippen LogP contribution is 2.23. The Morgan fingerprint density at radius 1 is 1.22 bits per heavy atom. The Bertz CT molecular complexity index is 770. The van der Waals surface area contributed by atoms with Crippen LogP contribution >= 0.6 is 12.4 Å². The van der Waals surface area contributed by atoms with Gasteiger partial charge < -0.3 is 10.6 Å². The number of carbonyl (C=O) groups is 1. The summed E-state index contributed by atoms with van der Waals surface area (Å²) in [5, 5.41) is 5.82. The average molecular weight is 396 g/mol. The second kappa shape index (κ2) is 9.78. The molecule has 0 spiro atoms. The van der Waals surface area contributed by atoms with Gasteiger partial charge in [-0.2, -0.15) is 0 Å². The summed E-state index contributed by atoms with van der Waals surface area (Å²) in [6.07, 6.45) is 0.981. The number of amides is 1. The first-order valence-electron chi connectivity index (χ1n) is 8.85. The van der Waals surface area contributed by atoms with Crippen LogP contribution in [0.4, 0.5) is 14.5 Å². The topological polar surface area (TPSA) is 44.4 Å². The van der Waals surface area contributed by atoms with Gasteiger partial charge in [-0.05, 0) is 29.7 Å². The number of halogens is 3. The molecule has 4 nitrogen and oxygen atoms in total. The summed E-state index contributed by atoms with van der Waals surface area (Å²) in [4.78, 5) is 14.4. The SMILES string of the molecule is CCc1ccc(C2CNCCN2CC(=O)Nc2cc(F)ccc2F)cc1.Cl. The molecule has 27 heavy (non-hydrogen) atoms. The standard InChI is InChI=1S/C20H23F2N3O.ClH/c1-2-14-3-5-15(6-4-14)19-12-23-9-10-25(19)13-20(26)24-18-11-16(21)7-8-17(18)22;/h3-8,11,19,23H,2,9-10,12-13H2,1H3,(H,24,26);1H. The van der Waals surface area contributed by atoms with E-state index in [1.54, 1.807) is 0 Å². The number of carbonyl (C=O) groups excluding carboxylic acids is 1. The molecule has 1 unspecified atom stereocenters. The van der Waals surface area contributed by atoms with Gasteiger partial charge in [0.1, 0.15) is 11.6 Å². The summed E-state index contributed by atoms with van der Waals surface area (Å²) in [5.74, 6) is -1.59. The van der Waals surface area contributed by atoms with Gasteiger partial charge in [0.15, 0.2) is 0 Å². The second-order valence-electron chi connectivity index (χ2n) is 6.46. The lowest BCUT2D eigenvalue weighted by Crippen LogP contribution is -2.48. The number of hydrogen-bond acceptors (Lipinski definition) is 3. The van der Waals surface area contributed by atoms with Gasteiger partial charge in [-0.15, -0.1) is 12.4 Å². The maximum absolute atomic E-state index is 13.7. The summed E-state index contributed by atoms with van der Waals surface area (Å²) >= 11 is 0.